The minimum Gasteiger partial charge on any atom is -0.480 e. The standard InChI is InChI=1S/C26H34IN3O10/c1-4-17-8-9-19(27)18(15-17)23(32)29-11-12-39-13-14-40-16-21(31)28-10-6-5-7-20(24(33)34)30-22(25(35)37-2)26(36)38-3/h1,8-9,15,20,22,30H,5-7,10-14,16H2,2-3H3,(H,28,31)(H,29,32)(H,33,34). The number of aliphatic carboxylic acids is 1. The van der Waals surface area contributed by atoms with E-state index in [1.165, 1.54) is 0 Å². The van der Waals surface area contributed by atoms with Crippen molar-refractivity contribution in [2.75, 3.05) is 53.7 Å². The molecule has 2 amide bonds. The molecule has 0 aliphatic carbocycles. The predicted molar refractivity (Wildman–Crippen MR) is 150 cm³/mol. The summed E-state index contributed by atoms with van der Waals surface area (Å²) in [5.41, 5.74) is 1.12. The van der Waals surface area contributed by atoms with Crippen molar-refractivity contribution in [3.05, 3.63) is 32.9 Å². The van der Waals surface area contributed by atoms with Crippen LogP contribution in [0.5, 0.6) is 0 Å². The zero-order chi connectivity index (χ0) is 29.9. The third kappa shape index (κ3) is 13.2. The molecular formula is C26H34IN3O10. The monoisotopic (exact) mass is 675 g/mol. The largest absolute Gasteiger partial charge is 0.480 e. The van der Waals surface area contributed by atoms with Gasteiger partial charge in [-0.05, 0) is 60.1 Å². The Morgan fingerprint density at radius 2 is 1.65 bits per heavy atom. The first kappa shape index (κ1) is 34.8. The first-order chi connectivity index (χ1) is 19.1. The fourth-order valence-electron chi connectivity index (χ4n) is 3.21. The molecule has 0 bridgehead atoms. The summed E-state index contributed by atoms with van der Waals surface area (Å²) in [6.07, 6.45) is 6.32. The molecule has 0 saturated heterocycles. The lowest BCUT2D eigenvalue weighted by Gasteiger charge is -2.19. The van der Waals surface area contributed by atoms with E-state index in [0.29, 0.717) is 30.5 Å². The number of amides is 2. The van der Waals surface area contributed by atoms with Gasteiger partial charge in [0.05, 0.1) is 39.6 Å². The van der Waals surface area contributed by atoms with Gasteiger partial charge in [0.2, 0.25) is 11.9 Å². The molecule has 1 aromatic rings. The Hall–Kier alpha value is -3.26. The van der Waals surface area contributed by atoms with Crippen LogP contribution in [0.3, 0.4) is 0 Å². The topological polar surface area (TPSA) is 179 Å². The second-order valence-electron chi connectivity index (χ2n) is 8.14. The van der Waals surface area contributed by atoms with Crippen molar-refractivity contribution in [1.29, 1.82) is 0 Å². The van der Waals surface area contributed by atoms with Gasteiger partial charge in [-0.25, -0.2) is 9.59 Å². The zero-order valence-corrected chi connectivity index (χ0v) is 24.5. The van der Waals surface area contributed by atoms with Crippen LogP contribution in [-0.4, -0.2) is 101 Å². The fourth-order valence-corrected chi connectivity index (χ4v) is 3.79. The van der Waals surface area contributed by atoms with Crippen LogP contribution in [0, 0.1) is 15.9 Å². The van der Waals surface area contributed by atoms with E-state index in [0.717, 1.165) is 17.8 Å². The van der Waals surface area contributed by atoms with Gasteiger partial charge in [-0.1, -0.05) is 5.92 Å². The lowest BCUT2D eigenvalue weighted by atomic mass is 10.1. The maximum atomic E-state index is 12.3. The van der Waals surface area contributed by atoms with Crippen LogP contribution >= 0.6 is 22.6 Å². The smallest absolute Gasteiger partial charge is 0.334 e. The zero-order valence-electron chi connectivity index (χ0n) is 22.3. The first-order valence-electron chi connectivity index (χ1n) is 12.3. The summed E-state index contributed by atoms with van der Waals surface area (Å²) in [4.78, 5) is 59.1. The number of methoxy groups -OCH3 is 2. The first-order valence-corrected chi connectivity index (χ1v) is 13.3. The minimum atomic E-state index is -1.56. The highest BCUT2D eigenvalue weighted by molar-refractivity contribution is 14.1. The number of halogens is 1. The van der Waals surface area contributed by atoms with Crippen molar-refractivity contribution in [2.24, 2.45) is 0 Å². The maximum Gasteiger partial charge on any atom is 0.334 e. The molecule has 0 aromatic heterocycles. The molecule has 0 heterocycles. The number of hydrogen-bond acceptors (Lipinski definition) is 10. The molecule has 4 N–H and O–H groups in total. The summed E-state index contributed by atoms with van der Waals surface area (Å²) in [7, 11) is 2.14. The lowest BCUT2D eigenvalue weighted by molar-refractivity contribution is -0.156. The molecule has 0 radical (unpaired) electrons. The van der Waals surface area contributed by atoms with E-state index in [1.54, 1.807) is 18.2 Å². The molecule has 0 spiro atoms. The van der Waals surface area contributed by atoms with Gasteiger partial charge in [-0.15, -0.1) is 6.42 Å². The molecule has 13 nitrogen and oxygen atoms in total. The molecule has 14 heteroatoms. The number of nitrogens with one attached hydrogen (secondary N) is 3. The van der Waals surface area contributed by atoms with E-state index < -0.39 is 30.0 Å². The lowest BCUT2D eigenvalue weighted by Crippen LogP contribution is -2.52. The van der Waals surface area contributed by atoms with E-state index in [9.17, 15) is 29.1 Å². The molecule has 0 aliphatic rings. The molecule has 40 heavy (non-hydrogen) atoms. The van der Waals surface area contributed by atoms with E-state index in [1.807, 2.05) is 0 Å². The van der Waals surface area contributed by atoms with Crippen molar-refractivity contribution in [1.82, 2.24) is 16.0 Å². The van der Waals surface area contributed by atoms with Crippen molar-refractivity contribution >= 4 is 52.3 Å². The molecule has 0 saturated carbocycles. The number of ether oxygens (including phenoxy) is 4. The predicted octanol–water partition coefficient (Wildman–Crippen LogP) is 0.0794. The third-order valence-electron chi connectivity index (χ3n) is 5.30. The van der Waals surface area contributed by atoms with Crippen LogP contribution in [0.4, 0.5) is 0 Å². The summed E-state index contributed by atoms with van der Waals surface area (Å²) >= 11 is 2.06. The number of unbranched alkanes of at least 4 members (excludes halogenated alkanes) is 1. The number of carbonyl (C=O) groups is 5. The second-order valence-corrected chi connectivity index (χ2v) is 9.30. The fraction of sp³-hybridized carbons (Fsp3) is 0.500. The van der Waals surface area contributed by atoms with Gasteiger partial charge in [-0.2, -0.15) is 0 Å². The van der Waals surface area contributed by atoms with Gasteiger partial charge >= 0.3 is 17.9 Å². The molecule has 1 rings (SSSR count). The van der Waals surface area contributed by atoms with Crippen molar-refractivity contribution in [3.8, 4) is 12.3 Å². The number of carboxylic acid groups (broad SMARTS) is 1. The Bertz CT molecular complexity index is 1040. The highest BCUT2D eigenvalue weighted by Crippen LogP contribution is 2.14. The summed E-state index contributed by atoms with van der Waals surface area (Å²) in [5.74, 6) is -1.27. The molecular weight excluding hydrogens is 641 g/mol. The van der Waals surface area contributed by atoms with Gasteiger partial charge < -0.3 is 34.7 Å². The van der Waals surface area contributed by atoms with Crippen LogP contribution < -0.4 is 16.0 Å². The van der Waals surface area contributed by atoms with Crippen LogP contribution in [0.2, 0.25) is 0 Å². The summed E-state index contributed by atoms with van der Waals surface area (Å²) in [6.45, 7) is 1.07. The second kappa shape index (κ2) is 19.7. The Labute approximate surface area is 246 Å². The van der Waals surface area contributed by atoms with E-state index in [4.69, 9.17) is 15.9 Å². The Morgan fingerprint density at radius 3 is 2.27 bits per heavy atom. The Morgan fingerprint density at radius 1 is 0.975 bits per heavy atom. The molecule has 1 unspecified atom stereocenters. The average molecular weight is 675 g/mol. The highest BCUT2D eigenvalue weighted by Gasteiger charge is 2.33. The summed E-state index contributed by atoms with van der Waals surface area (Å²) < 4.78 is 20.4. The van der Waals surface area contributed by atoms with Crippen molar-refractivity contribution in [3.63, 3.8) is 0 Å². The number of carboxylic acids is 1. The van der Waals surface area contributed by atoms with Gasteiger partial charge in [-0.3, -0.25) is 19.7 Å². The number of benzene rings is 1. The number of esters is 2. The van der Waals surface area contributed by atoms with Crippen LogP contribution in [0.1, 0.15) is 35.2 Å². The van der Waals surface area contributed by atoms with Crippen LogP contribution in [-0.2, 0) is 38.1 Å². The highest BCUT2D eigenvalue weighted by atomic mass is 127. The van der Waals surface area contributed by atoms with E-state index in [2.05, 4.69) is 53.9 Å². The van der Waals surface area contributed by atoms with Gasteiger partial charge in [0.25, 0.3) is 5.91 Å². The third-order valence-corrected chi connectivity index (χ3v) is 6.24. The summed E-state index contributed by atoms with van der Waals surface area (Å²) in [6, 6.07) is 2.43. The SMILES string of the molecule is C#Cc1ccc(I)c(C(=O)NCCOCCOCC(=O)NCCCCC(NC(C(=O)OC)C(=O)OC)C(=O)O)c1. The number of rotatable bonds is 19. The van der Waals surface area contributed by atoms with E-state index >= 15 is 0 Å². The molecule has 0 aliphatic heterocycles. The van der Waals surface area contributed by atoms with Gasteiger partial charge in [0, 0.05) is 22.2 Å². The quantitative estimate of drug-likeness (QED) is 0.0513. The number of hydrogen-bond donors (Lipinski definition) is 4. The van der Waals surface area contributed by atoms with Crippen LogP contribution in [0.25, 0.3) is 0 Å². The maximum absolute atomic E-state index is 12.3. The van der Waals surface area contributed by atoms with Crippen molar-refractivity contribution < 1.29 is 48.0 Å². The van der Waals surface area contributed by atoms with Crippen LogP contribution in [0.15, 0.2) is 18.2 Å². The normalized spacial score (nSPS) is 11.3. The minimum absolute atomic E-state index is 0.0977. The van der Waals surface area contributed by atoms with Gasteiger partial charge in [0.1, 0.15) is 12.6 Å². The number of terminal acetylenes is 1. The molecule has 0 fully saturated rings. The molecule has 1 atom stereocenters. The van der Waals surface area contributed by atoms with E-state index in [-0.39, 0.29) is 51.2 Å². The Kier molecular flexibility index (Phi) is 17.2. The Balaban J connectivity index is 2.16. The molecule has 1 aromatic carbocycles. The molecule has 220 valence electrons. The number of carbonyl (C=O) groups excluding carboxylic acids is 4. The van der Waals surface area contributed by atoms with Crippen molar-refractivity contribution in [2.45, 2.75) is 31.3 Å². The summed E-state index contributed by atoms with van der Waals surface area (Å²) in [5, 5.41) is 17.2. The average Bonchev–Trinajstić information content (AvgIpc) is 2.94. The van der Waals surface area contributed by atoms with Gasteiger partial charge in [0.15, 0.2) is 0 Å².